The van der Waals surface area contributed by atoms with Crippen LogP contribution in [-0.2, 0) is 6.42 Å². The van der Waals surface area contributed by atoms with Gasteiger partial charge in [0.15, 0.2) is 0 Å². The summed E-state index contributed by atoms with van der Waals surface area (Å²) in [6.45, 7) is 2.01. The lowest BCUT2D eigenvalue weighted by Crippen LogP contribution is -1.97. The molecule has 0 aromatic carbocycles. The molecule has 0 bridgehead atoms. The summed E-state index contributed by atoms with van der Waals surface area (Å²) in [6.07, 6.45) is 4.25. The van der Waals surface area contributed by atoms with E-state index in [9.17, 15) is 0 Å². The van der Waals surface area contributed by atoms with Crippen LogP contribution in [0.5, 0.6) is 0 Å². The Kier molecular flexibility index (Phi) is 3.95. The lowest BCUT2D eigenvalue weighted by Gasteiger charge is -2.08. The third-order valence-corrected chi connectivity index (χ3v) is 4.14. The van der Waals surface area contributed by atoms with Crippen LogP contribution in [0.3, 0.4) is 0 Å². The first-order valence-corrected chi connectivity index (χ1v) is 6.98. The van der Waals surface area contributed by atoms with E-state index in [2.05, 4.69) is 31.3 Å². The number of aromatic nitrogens is 2. The van der Waals surface area contributed by atoms with Gasteiger partial charge in [-0.05, 0) is 25.0 Å². The maximum absolute atomic E-state index is 6.06. The highest BCUT2D eigenvalue weighted by Gasteiger charge is 2.13. The molecule has 0 spiro atoms. The molecule has 0 fully saturated rings. The van der Waals surface area contributed by atoms with Gasteiger partial charge in [0.2, 0.25) is 0 Å². The highest BCUT2D eigenvalue weighted by atomic mass is 79.9. The molecule has 2 aromatic rings. The van der Waals surface area contributed by atoms with Crippen LogP contribution in [0.1, 0.15) is 21.1 Å². The molecule has 2 heterocycles. The molecule has 0 aliphatic heterocycles. The van der Waals surface area contributed by atoms with Crippen molar-refractivity contribution in [3.63, 3.8) is 0 Å². The molecule has 5 heteroatoms. The van der Waals surface area contributed by atoms with Gasteiger partial charge < -0.3 is 0 Å². The van der Waals surface area contributed by atoms with Crippen LogP contribution >= 0.6 is 38.9 Å². The van der Waals surface area contributed by atoms with Crippen LogP contribution in [0.15, 0.2) is 23.8 Å². The SMILES string of the molecule is Cc1nc(C(Br)Cc2ccncc2Cl)cs1. The minimum absolute atomic E-state index is 0.206. The number of alkyl halides is 1. The Morgan fingerprint density at radius 1 is 1.56 bits per heavy atom. The topological polar surface area (TPSA) is 25.8 Å². The molecule has 16 heavy (non-hydrogen) atoms. The fourth-order valence-electron chi connectivity index (χ4n) is 1.39. The zero-order valence-corrected chi connectivity index (χ0v) is 11.8. The molecule has 2 aromatic heterocycles. The summed E-state index contributed by atoms with van der Waals surface area (Å²) >= 11 is 11.4. The van der Waals surface area contributed by atoms with E-state index in [1.807, 2.05) is 13.0 Å². The van der Waals surface area contributed by atoms with Crippen molar-refractivity contribution in [2.24, 2.45) is 0 Å². The van der Waals surface area contributed by atoms with Gasteiger partial charge >= 0.3 is 0 Å². The van der Waals surface area contributed by atoms with Gasteiger partial charge in [0.05, 0.1) is 20.6 Å². The van der Waals surface area contributed by atoms with Gasteiger partial charge in [0.25, 0.3) is 0 Å². The third kappa shape index (κ3) is 2.81. The van der Waals surface area contributed by atoms with Crippen LogP contribution in [-0.4, -0.2) is 9.97 Å². The van der Waals surface area contributed by atoms with E-state index in [1.54, 1.807) is 23.7 Å². The standard InChI is InChI=1S/C11H10BrClN2S/c1-7-15-11(6-16-7)9(12)4-8-2-3-14-5-10(8)13/h2-3,5-6,9H,4H2,1H3. The van der Waals surface area contributed by atoms with Crippen LogP contribution in [0, 0.1) is 6.92 Å². The molecule has 0 amide bonds. The maximum Gasteiger partial charge on any atom is 0.0897 e. The average molecular weight is 318 g/mol. The molecule has 0 saturated carbocycles. The van der Waals surface area contributed by atoms with Crippen molar-refractivity contribution in [3.8, 4) is 0 Å². The average Bonchev–Trinajstić information content (AvgIpc) is 2.68. The summed E-state index contributed by atoms with van der Waals surface area (Å²) in [4.78, 5) is 8.62. The molecule has 0 radical (unpaired) electrons. The van der Waals surface area contributed by atoms with E-state index in [0.29, 0.717) is 5.02 Å². The van der Waals surface area contributed by atoms with Crippen molar-refractivity contribution in [1.82, 2.24) is 9.97 Å². The van der Waals surface area contributed by atoms with Crippen molar-refractivity contribution in [2.75, 3.05) is 0 Å². The number of hydrogen-bond acceptors (Lipinski definition) is 3. The van der Waals surface area contributed by atoms with E-state index < -0.39 is 0 Å². The molecule has 0 N–H and O–H groups in total. The lowest BCUT2D eigenvalue weighted by atomic mass is 10.1. The Labute approximate surface area is 112 Å². The Bertz CT molecular complexity index is 486. The number of hydrogen-bond donors (Lipinski definition) is 0. The van der Waals surface area contributed by atoms with Crippen molar-refractivity contribution in [3.05, 3.63) is 45.1 Å². The molecule has 2 nitrogen and oxygen atoms in total. The Morgan fingerprint density at radius 3 is 3.00 bits per heavy atom. The van der Waals surface area contributed by atoms with E-state index in [0.717, 1.165) is 22.7 Å². The summed E-state index contributed by atoms with van der Waals surface area (Å²) < 4.78 is 0. The minimum Gasteiger partial charge on any atom is -0.263 e. The molecular weight excluding hydrogens is 308 g/mol. The Morgan fingerprint density at radius 2 is 2.38 bits per heavy atom. The molecular formula is C11H10BrClN2S. The second kappa shape index (κ2) is 5.25. The summed E-state index contributed by atoms with van der Waals surface area (Å²) in [5.41, 5.74) is 2.15. The third-order valence-electron chi connectivity index (χ3n) is 2.21. The van der Waals surface area contributed by atoms with Gasteiger partial charge in [-0.2, -0.15) is 0 Å². The molecule has 0 saturated heterocycles. The van der Waals surface area contributed by atoms with Crippen LogP contribution in [0.2, 0.25) is 5.02 Å². The molecule has 1 atom stereocenters. The van der Waals surface area contributed by atoms with Crippen molar-refractivity contribution in [1.29, 1.82) is 0 Å². The van der Waals surface area contributed by atoms with Gasteiger partial charge in [-0.3, -0.25) is 4.98 Å². The second-order valence-corrected chi connectivity index (χ2v) is 6.00. The number of aryl methyl sites for hydroxylation is 1. The normalized spacial score (nSPS) is 12.7. The van der Waals surface area contributed by atoms with E-state index in [-0.39, 0.29) is 4.83 Å². The van der Waals surface area contributed by atoms with E-state index in [4.69, 9.17) is 11.6 Å². The lowest BCUT2D eigenvalue weighted by molar-refractivity contribution is 0.907. The summed E-state index contributed by atoms with van der Waals surface area (Å²) in [7, 11) is 0. The van der Waals surface area contributed by atoms with E-state index in [1.165, 1.54) is 0 Å². The van der Waals surface area contributed by atoms with Crippen molar-refractivity contribution in [2.45, 2.75) is 18.2 Å². The highest BCUT2D eigenvalue weighted by Crippen LogP contribution is 2.29. The summed E-state index contributed by atoms with van der Waals surface area (Å²) in [5.74, 6) is 0. The second-order valence-electron chi connectivity index (χ2n) is 3.43. The van der Waals surface area contributed by atoms with E-state index >= 15 is 0 Å². The molecule has 1 unspecified atom stereocenters. The van der Waals surface area contributed by atoms with Crippen molar-refractivity contribution >= 4 is 38.9 Å². The first-order chi connectivity index (χ1) is 7.66. The summed E-state index contributed by atoms with van der Waals surface area (Å²) in [6, 6.07) is 1.94. The minimum atomic E-state index is 0.206. The fraction of sp³-hybridized carbons (Fsp3) is 0.273. The molecule has 2 rings (SSSR count). The highest BCUT2D eigenvalue weighted by molar-refractivity contribution is 9.09. The number of thiazole rings is 1. The largest absolute Gasteiger partial charge is 0.263 e. The predicted octanol–water partition coefficient (Wildman–Crippen LogP) is 4.18. The number of nitrogens with zero attached hydrogens (tertiary/aromatic N) is 2. The fourth-order valence-corrected chi connectivity index (χ4v) is 3.01. The van der Waals surface area contributed by atoms with Gasteiger partial charge in [-0.25, -0.2) is 4.98 Å². The number of halogens is 2. The number of rotatable bonds is 3. The van der Waals surface area contributed by atoms with Gasteiger partial charge in [0, 0.05) is 17.8 Å². The molecule has 0 aliphatic rings. The van der Waals surface area contributed by atoms with Gasteiger partial charge in [-0.15, -0.1) is 11.3 Å². The quantitative estimate of drug-likeness (QED) is 0.794. The van der Waals surface area contributed by atoms with Crippen LogP contribution < -0.4 is 0 Å². The Hall–Kier alpha value is -0.450. The molecule has 84 valence electrons. The van der Waals surface area contributed by atoms with Gasteiger partial charge in [-0.1, -0.05) is 27.5 Å². The zero-order valence-electron chi connectivity index (χ0n) is 8.65. The molecule has 0 aliphatic carbocycles. The monoisotopic (exact) mass is 316 g/mol. The maximum atomic E-state index is 6.06. The Balaban J connectivity index is 2.13. The predicted molar refractivity (Wildman–Crippen MR) is 71.5 cm³/mol. The first kappa shape index (κ1) is 12.0. The van der Waals surface area contributed by atoms with Gasteiger partial charge in [0.1, 0.15) is 0 Å². The zero-order chi connectivity index (χ0) is 11.5. The van der Waals surface area contributed by atoms with Crippen LogP contribution in [0.25, 0.3) is 0 Å². The first-order valence-electron chi connectivity index (χ1n) is 4.81. The number of pyridine rings is 1. The smallest absolute Gasteiger partial charge is 0.0897 e. The van der Waals surface area contributed by atoms with Crippen LogP contribution in [0.4, 0.5) is 0 Å². The van der Waals surface area contributed by atoms with Crippen molar-refractivity contribution < 1.29 is 0 Å². The summed E-state index contributed by atoms with van der Waals surface area (Å²) in [5, 5.41) is 3.86.